The van der Waals surface area contributed by atoms with Gasteiger partial charge in [-0.2, -0.15) is 18.0 Å². The van der Waals surface area contributed by atoms with E-state index in [0.717, 1.165) is 6.07 Å². The molecule has 0 fully saturated rings. The molecule has 0 bridgehead atoms. The molecule has 12 heavy (non-hydrogen) atoms. The third-order valence-electron chi connectivity index (χ3n) is 1.17. The van der Waals surface area contributed by atoms with Crippen LogP contribution >= 0.6 is 11.8 Å². The standard InChI is InChI=1S/C6H3ClF3N2/c7-12-5-4(6(8,9)10)2-1-3-11-5/h1-3H. The summed E-state index contributed by atoms with van der Waals surface area (Å²) < 4.78 is 36.2. The SMILES string of the molecule is FC(F)(F)c1cccnc1[N]Cl. The Hall–Kier alpha value is -0.970. The fourth-order valence-electron chi connectivity index (χ4n) is 0.686. The minimum Gasteiger partial charge on any atom is -0.236 e. The van der Waals surface area contributed by atoms with Crippen molar-refractivity contribution < 1.29 is 13.2 Å². The molecule has 0 aliphatic rings. The van der Waals surface area contributed by atoms with Gasteiger partial charge < -0.3 is 0 Å². The molecule has 0 aliphatic heterocycles. The maximum absolute atomic E-state index is 12.1. The first-order valence-corrected chi connectivity index (χ1v) is 3.23. The zero-order valence-corrected chi connectivity index (χ0v) is 6.39. The van der Waals surface area contributed by atoms with Crippen LogP contribution in [0, 0.1) is 0 Å². The van der Waals surface area contributed by atoms with Crippen molar-refractivity contribution in [3.63, 3.8) is 0 Å². The summed E-state index contributed by atoms with van der Waals surface area (Å²) in [5.74, 6) is -0.508. The third kappa shape index (κ3) is 1.79. The molecule has 1 radical (unpaired) electrons. The van der Waals surface area contributed by atoms with Gasteiger partial charge in [0.05, 0.1) is 0 Å². The maximum atomic E-state index is 12.1. The number of aromatic nitrogens is 1. The Morgan fingerprint density at radius 1 is 1.42 bits per heavy atom. The zero-order valence-electron chi connectivity index (χ0n) is 5.64. The molecule has 0 aromatic carbocycles. The van der Waals surface area contributed by atoms with Crippen LogP contribution in [0.15, 0.2) is 18.3 Å². The largest absolute Gasteiger partial charge is 0.420 e. The molecule has 0 saturated heterocycles. The fourth-order valence-corrected chi connectivity index (χ4v) is 0.820. The van der Waals surface area contributed by atoms with Crippen molar-refractivity contribution in [3.8, 4) is 0 Å². The van der Waals surface area contributed by atoms with Gasteiger partial charge in [-0.05, 0) is 12.1 Å². The number of alkyl halides is 3. The first-order valence-electron chi connectivity index (χ1n) is 2.90. The van der Waals surface area contributed by atoms with E-state index in [4.69, 9.17) is 11.8 Å². The molecular weight excluding hydrogens is 193 g/mol. The van der Waals surface area contributed by atoms with Crippen molar-refractivity contribution in [1.82, 2.24) is 9.82 Å². The highest BCUT2D eigenvalue weighted by atomic mass is 35.5. The Bertz CT molecular complexity index is 274. The van der Waals surface area contributed by atoms with E-state index < -0.39 is 17.6 Å². The summed E-state index contributed by atoms with van der Waals surface area (Å²) in [6.07, 6.45) is -3.27. The number of hydrogen-bond acceptors (Lipinski definition) is 1. The van der Waals surface area contributed by atoms with Crippen LogP contribution in [-0.2, 0) is 6.18 Å². The van der Waals surface area contributed by atoms with Crippen LogP contribution in [-0.4, -0.2) is 4.98 Å². The molecule has 0 aliphatic carbocycles. The van der Waals surface area contributed by atoms with Gasteiger partial charge in [0.2, 0.25) is 0 Å². The lowest BCUT2D eigenvalue weighted by Crippen LogP contribution is -2.08. The summed E-state index contributed by atoms with van der Waals surface area (Å²) >= 11 is 4.90. The fraction of sp³-hybridized carbons (Fsp3) is 0.167. The van der Waals surface area contributed by atoms with Gasteiger partial charge in [-0.15, -0.1) is 0 Å². The molecule has 1 aromatic heterocycles. The Morgan fingerprint density at radius 2 is 2.08 bits per heavy atom. The van der Waals surface area contributed by atoms with E-state index in [9.17, 15) is 13.2 Å². The molecule has 0 atom stereocenters. The number of hydrogen-bond donors (Lipinski definition) is 0. The minimum absolute atomic E-state index is 0.508. The zero-order chi connectivity index (χ0) is 9.19. The summed E-state index contributed by atoms with van der Waals surface area (Å²) in [5.41, 5.74) is -0.931. The van der Waals surface area contributed by atoms with Crippen LogP contribution in [0.25, 0.3) is 0 Å². The Kier molecular flexibility index (Phi) is 2.42. The topological polar surface area (TPSA) is 27.0 Å². The van der Waals surface area contributed by atoms with E-state index >= 15 is 0 Å². The van der Waals surface area contributed by atoms with Gasteiger partial charge in [0.25, 0.3) is 0 Å². The smallest absolute Gasteiger partial charge is 0.236 e. The van der Waals surface area contributed by atoms with Crippen molar-refractivity contribution in [3.05, 3.63) is 23.9 Å². The highest BCUT2D eigenvalue weighted by molar-refractivity contribution is 6.15. The minimum atomic E-state index is -4.46. The van der Waals surface area contributed by atoms with E-state index in [1.807, 2.05) is 0 Å². The summed E-state index contributed by atoms with van der Waals surface area (Å²) in [5, 5.41) is 0. The lowest BCUT2D eigenvalue weighted by molar-refractivity contribution is -0.137. The van der Waals surface area contributed by atoms with Crippen LogP contribution in [0.1, 0.15) is 5.56 Å². The van der Waals surface area contributed by atoms with Crippen LogP contribution < -0.4 is 4.84 Å². The summed E-state index contributed by atoms with van der Waals surface area (Å²) in [6.45, 7) is 0. The summed E-state index contributed by atoms with van der Waals surface area (Å²) in [6, 6.07) is 2.04. The van der Waals surface area contributed by atoms with Crippen molar-refractivity contribution in [2.75, 3.05) is 0 Å². The lowest BCUT2D eigenvalue weighted by atomic mass is 10.2. The number of pyridine rings is 1. The van der Waals surface area contributed by atoms with Crippen LogP contribution in [0.2, 0.25) is 0 Å². The number of halogens is 4. The van der Waals surface area contributed by atoms with Crippen LogP contribution in [0.3, 0.4) is 0 Å². The predicted octanol–water partition coefficient (Wildman–Crippen LogP) is 2.49. The predicted molar refractivity (Wildman–Crippen MR) is 36.9 cm³/mol. The third-order valence-corrected chi connectivity index (χ3v) is 1.33. The molecule has 0 saturated carbocycles. The second-order valence-electron chi connectivity index (χ2n) is 1.96. The second kappa shape index (κ2) is 3.18. The monoisotopic (exact) mass is 195 g/mol. The molecule has 65 valence electrons. The number of nitrogens with zero attached hydrogens (tertiary/aromatic N) is 2. The van der Waals surface area contributed by atoms with Gasteiger partial charge in [0, 0.05) is 18.0 Å². The van der Waals surface area contributed by atoms with Crippen molar-refractivity contribution in [2.45, 2.75) is 6.18 Å². The quantitative estimate of drug-likeness (QED) is 0.676. The molecule has 2 nitrogen and oxygen atoms in total. The van der Waals surface area contributed by atoms with Gasteiger partial charge in [0.1, 0.15) is 5.56 Å². The molecule has 1 heterocycles. The van der Waals surface area contributed by atoms with Crippen molar-refractivity contribution >= 4 is 17.6 Å². The molecule has 0 amide bonds. The summed E-state index contributed by atoms with van der Waals surface area (Å²) in [7, 11) is 0. The van der Waals surface area contributed by atoms with E-state index in [2.05, 4.69) is 9.82 Å². The highest BCUT2D eigenvalue weighted by Crippen LogP contribution is 2.33. The van der Waals surface area contributed by atoms with Gasteiger partial charge in [-0.1, -0.05) is 0 Å². The lowest BCUT2D eigenvalue weighted by Gasteiger charge is -2.07. The van der Waals surface area contributed by atoms with E-state index in [1.165, 1.54) is 12.3 Å². The molecule has 1 rings (SSSR count). The average Bonchev–Trinajstić information content (AvgIpc) is 2.03. The van der Waals surface area contributed by atoms with Gasteiger partial charge in [-0.3, -0.25) is 0 Å². The van der Waals surface area contributed by atoms with Crippen LogP contribution in [0.4, 0.5) is 19.0 Å². The Balaban J connectivity index is 3.14. The highest BCUT2D eigenvalue weighted by Gasteiger charge is 2.34. The van der Waals surface area contributed by atoms with Crippen LogP contribution in [0.5, 0.6) is 0 Å². The number of rotatable bonds is 1. The Morgan fingerprint density at radius 3 is 2.50 bits per heavy atom. The molecule has 6 heteroatoms. The van der Waals surface area contributed by atoms with E-state index in [1.54, 1.807) is 0 Å². The molecule has 0 N–H and O–H groups in total. The molecule has 0 unspecified atom stereocenters. The summed E-state index contributed by atoms with van der Waals surface area (Å²) in [4.78, 5) is 6.22. The normalized spacial score (nSPS) is 11.3. The van der Waals surface area contributed by atoms with E-state index in [0.29, 0.717) is 0 Å². The maximum Gasteiger partial charge on any atom is 0.420 e. The van der Waals surface area contributed by atoms with Gasteiger partial charge in [-0.25, -0.2) is 4.98 Å². The van der Waals surface area contributed by atoms with Gasteiger partial charge >= 0.3 is 6.18 Å². The van der Waals surface area contributed by atoms with E-state index in [-0.39, 0.29) is 0 Å². The Labute approximate surface area is 71.5 Å². The van der Waals surface area contributed by atoms with Gasteiger partial charge in [0.15, 0.2) is 5.82 Å². The first-order chi connectivity index (χ1) is 5.55. The average molecular weight is 196 g/mol. The molecular formula is C6H3ClF3N2. The second-order valence-corrected chi connectivity index (χ2v) is 2.13. The molecule has 1 aromatic rings. The molecule has 0 spiro atoms. The first kappa shape index (κ1) is 9.12. The van der Waals surface area contributed by atoms with Crippen molar-refractivity contribution in [2.24, 2.45) is 0 Å². The van der Waals surface area contributed by atoms with Crippen molar-refractivity contribution in [1.29, 1.82) is 0 Å².